The fourth-order valence-electron chi connectivity index (χ4n) is 1.75. The summed E-state index contributed by atoms with van der Waals surface area (Å²) in [6, 6.07) is 7.93. The Morgan fingerprint density at radius 3 is 2.59 bits per heavy atom. The standard InChI is InChI=1S/C12H14BrN3O/c1-2-7-16-12(11(8-17)14-15-16)9-3-5-10(13)6-4-9/h3-6,17H,2,7-8H2,1H3. The van der Waals surface area contributed by atoms with Crippen LogP contribution in [0.1, 0.15) is 19.0 Å². The third-order valence-corrected chi connectivity index (χ3v) is 3.04. The van der Waals surface area contributed by atoms with Gasteiger partial charge in [-0.1, -0.05) is 40.2 Å². The highest BCUT2D eigenvalue weighted by molar-refractivity contribution is 9.10. The Morgan fingerprint density at radius 1 is 1.29 bits per heavy atom. The number of hydrogen-bond acceptors (Lipinski definition) is 3. The third-order valence-electron chi connectivity index (χ3n) is 2.51. The van der Waals surface area contributed by atoms with E-state index in [2.05, 4.69) is 33.2 Å². The summed E-state index contributed by atoms with van der Waals surface area (Å²) < 4.78 is 2.87. The van der Waals surface area contributed by atoms with Crippen LogP contribution in [0.2, 0.25) is 0 Å². The molecule has 0 fully saturated rings. The predicted octanol–water partition coefficient (Wildman–Crippen LogP) is 2.61. The summed E-state index contributed by atoms with van der Waals surface area (Å²) in [6.45, 7) is 2.80. The summed E-state index contributed by atoms with van der Waals surface area (Å²) in [5, 5.41) is 17.4. The molecule has 90 valence electrons. The quantitative estimate of drug-likeness (QED) is 0.943. The maximum atomic E-state index is 9.29. The van der Waals surface area contributed by atoms with Crippen molar-refractivity contribution in [2.24, 2.45) is 0 Å². The molecule has 0 atom stereocenters. The molecule has 0 saturated heterocycles. The van der Waals surface area contributed by atoms with Crippen molar-refractivity contribution in [1.29, 1.82) is 0 Å². The summed E-state index contributed by atoms with van der Waals surface area (Å²) in [7, 11) is 0. The highest BCUT2D eigenvalue weighted by atomic mass is 79.9. The van der Waals surface area contributed by atoms with Gasteiger partial charge in [0.1, 0.15) is 5.69 Å². The van der Waals surface area contributed by atoms with Gasteiger partial charge in [-0.15, -0.1) is 5.10 Å². The average molecular weight is 296 g/mol. The first kappa shape index (κ1) is 12.3. The van der Waals surface area contributed by atoms with Crippen molar-refractivity contribution in [2.45, 2.75) is 26.5 Å². The molecule has 17 heavy (non-hydrogen) atoms. The van der Waals surface area contributed by atoms with Crippen LogP contribution in [0.3, 0.4) is 0 Å². The Labute approximate surface area is 108 Å². The van der Waals surface area contributed by atoms with E-state index in [4.69, 9.17) is 0 Å². The van der Waals surface area contributed by atoms with E-state index < -0.39 is 0 Å². The maximum Gasteiger partial charge on any atom is 0.116 e. The van der Waals surface area contributed by atoms with Crippen molar-refractivity contribution in [3.05, 3.63) is 34.4 Å². The monoisotopic (exact) mass is 295 g/mol. The number of aliphatic hydroxyl groups excluding tert-OH is 1. The normalized spacial score (nSPS) is 10.8. The van der Waals surface area contributed by atoms with E-state index in [0.717, 1.165) is 28.7 Å². The van der Waals surface area contributed by atoms with Crippen molar-refractivity contribution >= 4 is 15.9 Å². The Bertz CT molecular complexity index is 493. The van der Waals surface area contributed by atoms with Crippen LogP contribution in [0, 0.1) is 0 Å². The number of rotatable bonds is 4. The third kappa shape index (κ3) is 2.56. The largest absolute Gasteiger partial charge is 0.390 e. The molecule has 4 nitrogen and oxygen atoms in total. The number of aromatic nitrogens is 3. The minimum Gasteiger partial charge on any atom is -0.390 e. The smallest absolute Gasteiger partial charge is 0.116 e. The second-order valence-corrected chi connectivity index (χ2v) is 4.69. The van der Waals surface area contributed by atoms with Gasteiger partial charge in [-0.25, -0.2) is 4.68 Å². The van der Waals surface area contributed by atoms with Crippen LogP contribution in [0.15, 0.2) is 28.7 Å². The minimum atomic E-state index is -0.0882. The summed E-state index contributed by atoms with van der Waals surface area (Å²) in [4.78, 5) is 0. The van der Waals surface area contributed by atoms with Crippen LogP contribution in [-0.4, -0.2) is 20.1 Å². The van der Waals surface area contributed by atoms with Crippen LogP contribution in [0.5, 0.6) is 0 Å². The lowest BCUT2D eigenvalue weighted by atomic mass is 10.1. The van der Waals surface area contributed by atoms with Gasteiger partial charge >= 0.3 is 0 Å². The summed E-state index contributed by atoms with van der Waals surface area (Å²) in [5.74, 6) is 0. The van der Waals surface area contributed by atoms with Gasteiger partial charge in [-0.2, -0.15) is 0 Å². The molecule has 1 heterocycles. The molecular formula is C12H14BrN3O. The predicted molar refractivity (Wildman–Crippen MR) is 69.4 cm³/mol. The molecule has 0 aliphatic rings. The molecule has 0 bridgehead atoms. The highest BCUT2D eigenvalue weighted by Crippen LogP contribution is 2.24. The number of halogens is 1. The van der Waals surface area contributed by atoms with Crippen molar-refractivity contribution < 1.29 is 5.11 Å². The summed E-state index contributed by atoms with van der Waals surface area (Å²) in [5.41, 5.74) is 2.55. The molecule has 0 aliphatic carbocycles. The SMILES string of the molecule is CCCn1nnc(CO)c1-c1ccc(Br)cc1. The Balaban J connectivity index is 2.47. The average Bonchev–Trinajstić information content (AvgIpc) is 2.74. The van der Waals surface area contributed by atoms with E-state index >= 15 is 0 Å². The highest BCUT2D eigenvalue weighted by Gasteiger charge is 2.13. The Kier molecular flexibility index (Phi) is 3.91. The van der Waals surface area contributed by atoms with Gasteiger partial charge < -0.3 is 5.11 Å². The minimum absolute atomic E-state index is 0.0882. The van der Waals surface area contributed by atoms with Crippen LogP contribution in [-0.2, 0) is 13.2 Å². The van der Waals surface area contributed by atoms with Gasteiger partial charge in [0.15, 0.2) is 0 Å². The van der Waals surface area contributed by atoms with E-state index in [9.17, 15) is 5.11 Å². The van der Waals surface area contributed by atoms with Crippen molar-refractivity contribution in [2.75, 3.05) is 0 Å². The molecule has 1 aromatic carbocycles. The topological polar surface area (TPSA) is 50.9 Å². The summed E-state index contributed by atoms with van der Waals surface area (Å²) >= 11 is 3.41. The lowest BCUT2D eigenvalue weighted by Crippen LogP contribution is -2.02. The maximum absolute atomic E-state index is 9.29. The number of aliphatic hydroxyl groups is 1. The lowest BCUT2D eigenvalue weighted by Gasteiger charge is -2.06. The molecule has 0 amide bonds. The van der Waals surface area contributed by atoms with Crippen molar-refractivity contribution in [1.82, 2.24) is 15.0 Å². The fourth-order valence-corrected chi connectivity index (χ4v) is 2.01. The second kappa shape index (κ2) is 5.42. The molecule has 1 N–H and O–H groups in total. The van der Waals surface area contributed by atoms with E-state index in [1.807, 2.05) is 28.9 Å². The van der Waals surface area contributed by atoms with Gasteiger partial charge in [0.05, 0.1) is 12.3 Å². The van der Waals surface area contributed by atoms with Crippen molar-refractivity contribution in [3.8, 4) is 11.3 Å². The molecule has 2 rings (SSSR count). The van der Waals surface area contributed by atoms with Crippen LogP contribution in [0.25, 0.3) is 11.3 Å². The van der Waals surface area contributed by atoms with Gasteiger partial charge in [-0.05, 0) is 18.6 Å². The molecule has 5 heteroatoms. The Morgan fingerprint density at radius 2 is 2.00 bits per heavy atom. The molecule has 1 aromatic heterocycles. The number of aryl methyl sites for hydroxylation is 1. The second-order valence-electron chi connectivity index (χ2n) is 3.77. The van der Waals surface area contributed by atoms with Crippen molar-refractivity contribution in [3.63, 3.8) is 0 Å². The number of benzene rings is 1. The van der Waals surface area contributed by atoms with Crippen LogP contribution in [0.4, 0.5) is 0 Å². The van der Waals surface area contributed by atoms with Gasteiger partial charge in [0, 0.05) is 16.6 Å². The number of hydrogen-bond donors (Lipinski definition) is 1. The van der Waals surface area contributed by atoms with E-state index in [1.165, 1.54) is 0 Å². The molecular weight excluding hydrogens is 282 g/mol. The zero-order chi connectivity index (χ0) is 12.3. The first-order valence-electron chi connectivity index (χ1n) is 5.55. The van der Waals surface area contributed by atoms with E-state index in [-0.39, 0.29) is 6.61 Å². The molecule has 2 aromatic rings. The molecule has 0 aliphatic heterocycles. The van der Waals surface area contributed by atoms with Gasteiger partial charge in [0.2, 0.25) is 0 Å². The van der Waals surface area contributed by atoms with Crippen LogP contribution >= 0.6 is 15.9 Å². The molecule has 0 radical (unpaired) electrons. The number of nitrogens with zero attached hydrogens (tertiary/aromatic N) is 3. The molecule has 0 saturated carbocycles. The zero-order valence-corrected chi connectivity index (χ0v) is 11.2. The molecule has 0 spiro atoms. The zero-order valence-electron chi connectivity index (χ0n) is 9.60. The van der Waals surface area contributed by atoms with Gasteiger partial charge in [0.25, 0.3) is 0 Å². The van der Waals surface area contributed by atoms with E-state index in [0.29, 0.717) is 5.69 Å². The fraction of sp³-hybridized carbons (Fsp3) is 0.333. The van der Waals surface area contributed by atoms with E-state index in [1.54, 1.807) is 0 Å². The summed E-state index contributed by atoms with van der Waals surface area (Å²) in [6.07, 6.45) is 0.984. The Hall–Kier alpha value is -1.20. The first-order chi connectivity index (χ1) is 8.26. The first-order valence-corrected chi connectivity index (χ1v) is 6.34. The molecule has 0 unspecified atom stereocenters. The van der Waals surface area contributed by atoms with Crippen LogP contribution < -0.4 is 0 Å². The van der Waals surface area contributed by atoms with Gasteiger partial charge in [-0.3, -0.25) is 0 Å². The lowest BCUT2D eigenvalue weighted by molar-refractivity contribution is 0.277.